The smallest absolute Gasteiger partial charge is 0.213 e. The molecule has 2 aromatic heterocycles. The number of nitrogens with zero attached hydrogens (tertiary/aromatic N) is 1. The highest BCUT2D eigenvalue weighted by atomic mass is 32.1. The van der Waals surface area contributed by atoms with Crippen molar-refractivity contribution in [2.24, 2.45) is 22.8 Å². The Morgan fingerprint density at radius 3 is 2.00 bits per heavy atom. The summed E-state index contributed by atoms with van der Waals surface area (Å²) in [5, 5.41) is 10.2. The molecule has 3 aliphatic rings. The molecule has 0 aliphatic heterocycles. The normalized spacial score (nSPS) is 31.2. The predicted octanol–water partition coefficient (Wildman–Crippen LogP) is 4.32. The van der Waals surface area contributed by atoms with Gasteiger partial charge in [-0.2, -0.15) is 13.9 Å². The number of hydrogen-bond donors (Lipinski definition) is 2. The standard InChI is InChI=1S/C16H11F4N3S2/c17-9-7-11(21)3-1-6-4(2-5(3)13(7)24-15(9)19)12(23-22)8-10(18)16(20)25-14(6)8/h3-6,21H,1-2,22H2/b21-11?,23-12-. The third-order valence-corrected chi connectivity index (χ3v) is 7.89. The van der Waals surface area contributed by atoms with Crippen molar-refractivity contribution in [2.45, 2.75) is 24.7 Å². The highest BCUT2D eigenvalue weighted by molar-refractivity contribution is 7.11. The first-order chi connectivity index (χ1) is 11.9. The predicted molar refractivity (Wildman–Crippen MR) is 87.7 cm³/mol. The van der Waals surface area contributed by atoms with Crippen molar-refractivity contribution >= 4 is 34.1 Å². The summed E-state index contributed by atoms with van der Waals surface area (Å²) in [6.07, 6.45) is 0.935. The molecule has 3 aliphatic carbocycles. The van der Waals surface area contributed by atoms with Crippen molar-refractivity contribution in [1.82, 2.24) is 0 Å². The number of nitrogens with two attached hydrogens (primary N) is 1. The Kier molecular flexibility index (Phi) is 3.05. The second kappa shape index (κ2) is 4.91. The minimum absolute atomic E-state index is 0.0764. The fraction of sp³-hybridized carbons (Fsp3) is 0.375. The van der Waals surface area contributed by atoms with Crippen molar-refractivity contribution < 1.29 is 17.6 Å². The molecule has 3 N–H and O–H groups in total. The Morgan fingerprint density at radius 2 is 1.36 bits per heavy atom. The number of fused-ring (bicyclic) bond motifs is 6. The van der Waals surface area contributed by atoms with Crippen molar-refractivity contribution in [3.05, 3.63) is 42.8 Å². The van der Waals surface area contributed by atoms with Gasteiger partial charge in [-0.1, -0.05) is 0 Å². The van der Waals surface area contributed by atoms with Gasteiger partial charge in [0, 0.05) is 44.7 Å². The zero-order valence-electron chi connectivity index (χ0n) is 12.6. The van der Waals surface area contributed by atoms with E-state index in [0.717, 1.165) is 22.7 Å². The third kappa shape index (κ3) is 1.75. The topological polar surface area (TPSA) is 62.2 Å². The molecule has 1 saturated carbocycles. The zero-order chi connectivity index (χ0) is 17.6. The van der Waals surface area contributed by atoms with Crippen LogP contribution in [-0.4, -0.2) is 11.4 Å². The van der Waals surface area contributed by atoms with Crippen LogP contribution in [0.3, 0.4) is 0 Å². The number of hydrazone groups is 1. The Labute approximate surface area is 147 Å². The maximum Gasteiger partial charge on any atom is 0.213 e. The summed E-state index contributed by atoms with van der Waals surface area (Å²) in [5.74, 6) is 2.72. The largest absolute Gasteiger partial charge is 0.323 e. The molecular weight excluding hydrogens is 374 g/mol. The zero-order valence-corrected chi connectivity index (χ0v) is 14.2. The van der Waals surface area contributed by atoms with Gasteiger partial charge in [-0.3, -0.25) is 0 Å². The van der Waals surface area contributed by atoms with E-state index in [1.54, 1.807) is 0 Å². The van der Waals surface area contributed by atoms with E-state index in [4.69, 9.17) is 11.3 Å². The van der Waals surface area contributed by atoms with Crippen molar-refractivity contribution in [3.8, 4) is 0 Å². The lowest BCUT2D eigenvalue weighted by Gasteiger charge is -2.34. The van der Waals surface area contributed by atoms with Gasteiger partial charge < -0.3 is 11.3 Å². The molecule has 4 atom stereocenters. The molecule has 9 heteroatoms. The van der Waals surface area contributed by atoms with Crippen molar-refractivity contribution in [2.75, 3.05) is 0 Å². The molecule has 5 rings (SSSR count). The highest BCUT2D eigenvalue weighted by Gasteiger charge is 2.54. The lowest BCUT2D eigenvalue weighted by molar-refractivity contribution is 0.317. The Morgan fingerprint density at radius 1 is 0.840 bits per heavy atom. The van der Waals surface area contributed by atoms with Crippen LogP contribution in [-0.2, 0) is 0 Å². The number of thiophene rings is 2. The van der Waals surface area contributed by atoms with E-state index < -0.39 is 21.9 Å². The summed E-state index contributed by atoms with van der Waals surface area (Å²) >= 11 is 1.50. The molecule has 2 aromatic rings. The molecule has 0 spiro atoms. The third-order valence-electron chi connectivity index (χ3n) is 5.72. The summed E-state index contributed by atoms with van der Waals surface area (Å²) in [7, 11) is 0. The number of rotatable bonds is 0. The molecule has 2 heterocycles. The van der Waals surface area contributed by atoms with Gasteiger partial charge in [0.15, 0.2) is 11.6 Å². The molecule has 0 radical (unpaired) electrons. The van der Waals surface area contributed by atoms with Crippen LogP contribution in [0.4, 0.5) is 17.6 Å². The van der Waals surface area contributed by atoms with Gasteiger partial charge in [-0.15, -0.1) is 22.7 Å². The van der Waals surface area contributed by atoms with E-state index in [2.05, 4.69) is 5.10 Å². The van der Waals surface area contributed by atoms with Gasteiger partial charge in [0.2, 0.25) is 10.3 Å². The Bertz CT molecular complexity index is 977. The molecule has 130 valence electrons. The van der Waals surface area contributed by atoms with Gasteiger partial charge in [0.25, 0.3) is 0 Å². The molecule has 0 amide bonds. The van der Waals surface area contributed by atoms with E-state index in [9.17, 15) is 17.6 Å². The van der Waals surface area contributed by atoms with Crippen molar-refractivity contribution in [1.29, 1.82) is 5.41 Å². The van der Waals surface area contributed by atoms with Crippen LogP contribution in [0.2, 0.25) is 0 Å². The van der Waals surface area contributed by atoms with Gasteiger partial charge in [0.1, 0.15) is 0 Å². The van der Waals surface area contributed by atoms with Crippen LogP contribution >= 0.6 is 22.7 Å². The lowest BCUT2D eigenvalue weighted by Crippen LogP contribution is -2.30. The van der Waals surface area contributed by atoms with Gasteiger partial charge in [0.05, 0.1) is 11.3 Å². The Balaban J connectivity index is 1.62. The van der Waals surface area contributed by atoms with E-state index in [1.807, 2.05) is 0 Å². The molecular formula is C16H11F4N3S2. The second-order valence-electron chi connectivity index (χ2n) is 6.68. The van der Waals surface area contributed by atoms with Gasteiger partial charge in [-0.05, 0) is 12.8 Å². The quantitative estimate of drug-likeness (QED) is 0.396. The van der Waals surface area contributed by atoms with Crippen LogP contribution in [0.25, 0.3) is 0 Å². The summed E-state index contributed by atoms with van der Waals surface area (Å²) in [5.41, 5.74) is 0.643. The summed E-state index contributed by atoms with van der Waals surface area (Å²) in [4.78, 5) is 1.11. The summed E-state index contributed by atoms with van der Waals surface area (Å²) in [6.45, 7) is 0. The molecule has 4 unspecified atom stereocenters. The first-order valence-corrected chi connectivity index (χ1v) is 9.39. The van der Waals surface area contributed by atoms with Gasteiger partial charge in [-0.25, -0.2) is 8.78 Å². The first kappa shape index (κ1) is 15.5. The van der Waals surface area contributed by atoms with Crippen LogP contribution < -0.4 is 5.84 Å². The van der Waals surface area contributed by atoms with E-state index in [1.165, 1.54) is 0 Å². The summed E-state index contributed by atoms with van der Waals surface area (Å²) < 4.78 is 55.5. The van der Waals surface area contributed by atoms with E-state index >= 15 is 0 Å². The number of nitrogens with one attached hydrogen (secondary N) is 1. The fourth-order valence-corrected chi connectivity index (χ4v) is 6.94. The monoisotopic (exact) mass is 385 g/mol. The molecule has 0 aromatic carbocycles. The average Bonchev–Trinajstić information content (AvgIpc) is 3.24. The maximum absolute atomic E-state index is 14.2. The molecule has 25 heavy (non-hydrogen) atoms. The van der Waals surface area contributed by atoms with E-state index in [-0.39, 0.29) is 40.5 Å². The lowest BCUT2D eigenvalue weighted by atomic mass is 9.70. The minimum Gasteiger partial charge on any atom is -0.323 e. The minimum atomic E-state index is -0.953. The van der Waals surface area contributed by atoms with Crippen LogP contribution in [0.5, 0.6) is 0 Å². The molecule has 1 fully saturated rings. The highest BCUT2D eigenvalue weighted by Crippen LogP contribution is 2.60. The van der Waals surface area contributed by atoms with E-state index in [0.29, 0.717) is 28.3 Å². The second-order valence-corrected chi connectivity index (χ2v) is 8.69. The Hall–Kier alpha value is -1.74. The van der Waals surface area contributed by atoms with Crippen LogP contribution in [0, 0.1) is 39.1 Å². The molecule has 0 saturated heterocycles. The first-order valence-electron chi connectivity index (χ1n) is 7.76. The number of hydrogen-bond acceptors (Lipinski definition) is 5. The SMILES string of the molecule is N=C1c2c(sc(F)c2F)C2CC3/C(=N/N)c4c(sc(F)c4F)C3CC12. The van der Waals surface area contributed by atoms with Crippen LogP contribution in [0.1, 0.15) is 45.6 Å². The number of halogens is 4. The molecule has 3 nitrogen and oxygen atoms in total. The average molecular weight is 385 g/mol. The molecule has 0 bridgehead atoms. The van der Waals surface area contributed by atoms with Crippen LogP contribution in [0.15, 0.2) is 5.10 Å². The fourth-order valence-electron chi connectivity index (χ4n) is 4.75. The van der Waals surface area contributed by atoms with Gasteiger partial charge >= 0.3 is 0 Å². The van der Waals surface area contributed by atoms with Crippen molar-refractivity contribution in [3.63, 3.8) is 0 Å². The summed E-state index contributed by atoms with van der Waals surface area (Å²) in [6, 6.07) is 0. The maximum atomic E-state index is 14.2.